The third-order valence-corrected chi connectivity index (χ3v) is 4.52. The first-order chi connectivity index (χ1) is 9.95. The van der Waals surface area contributed by atoms with Gasteiger partial charge in [0.05, 0.1) is 0 Å². The van der Waals surface area contributed by atoms with Gasteiger partial charge in [-0.2, -0.15) is 0 Å². The number of nitrogens with zero attached hydrogens (tertiary/aromatic N) is 1. The number of rotatable bonds is 5. The second kappa shape index (κ2) is 7.20. The summed E-state index contributed by atoms with van der Waals surface area (Å²) in [6.45, 7) is 2.73. The van der Waals surface area contributed by atoms with Crippen molar-refractivity contribution in [1.29, 1.82) is 0 Å². The van der Waals surface area contributed by atoms with Gasteiger partial charge in [0.15, 0.2) is 0 Å². The minimum absolute atomic E-state index is 0.204. The molecule has 0 spiro atoms. The molecule has 0 radical (unpaired) electrons. The summed E-state index contributed by atoms with van der Waals surface area (Å²) in [4.78, 5) is 13.6. The fourth-order valence-corrected chi connectivity index (χ4v) is 3.07. The topological polar surface area (TPSA) is 72.4 Å². The van der Waals surface area contributed by atoms with Gasteiger partial charge >= 0.3 is 0 Å². The first-order valence-corrected chi connectivity index (χ1v) is 7.83. The molecule has 0 aromatic heterocycles. The Kier molecular flexibility index (Phi) is 5.56. The predicted octanol–water partition coefficient (Wildman–Crippen LogP) is 2.06. The van der Waals surface area contributed by atoms with Crippen molar-refractivity contribution in [2.45, 2.75) is 25.8 Å². The van der Waals surface area contributed by atoms with E-state index in [1.165, 1.54) is 0 Å². The molecule has 0 aliphatic carbocycles. The molecule has 4 nitrogen and oxygen atoms in total. The lowest BCUT2D eigenvalue weighted by Gasteiger charge is -2.31. The van der Waals surface area contributed by atoms with E-state index in [-0.39, 0.29) is 5.91 Å². The maximum Gasteiger partial charge on any atom is 0.217 e. The molecule has 2 rings (SSSR count). The Hall–Kier alpha value is -1.17. The molecule has 0 saturated carbocycles. The van der Waals surface area contributed by atoms with E-state index in [4.69, 9.17) is 35.3 Å². The number of hydrogen-bond donors (Lipinski definition) is 2. The number of nitrogens with two attached hydrogens (primary N) is 2. The lowest BCUT2D eigenvalue weighted by Crippen LogP contribution is -2.34. The van der Waals surface area contributed by atoms with Crippen LogP contribution in [-0.2, 0) is 11.3 Å². The number of primary amides is 1. The Morgan fingerprint density at radius 1 is 1.33 bits per heavy atom. The van der Waals surface area contributed by atoms with Crippen LogP contribution in [0.1, 0.15) is 30.4 Å². The van der Waals surface area contributed by atoms with Gasteiger partial charge in [-0.05, 0) is 43.5 Å². The second-order valence-corrected chi connectivity index (χ2v) is 6.41. The average Bonchev–Trinajstić information content (AvgIpc) is 2.42. The molecule has 0 unspecified atom stereocenters. The summed E-state index contributed by atoms with van der Waals surface area (Å²) in [6.07, 6.45) is 2.51. The highest BCUT2D eigenvalue weighted by molar-refractivity contribution is 7.80. The van der Waals surface area contributed by atoms with E-state index >= 15 is 0 Å². The Morgan fingerprint density at radius 2 is 2.00 bits per heavy atom. The van der Waals surface area contributed by atoms with Crippen LogP contribution in [0.3, 0.4) is 0 Å². The zero-order valence-electron chi connectivity index (χ0n) is 11.8. The number of likely N-dealkylation sites (tertiary alicyclic amines) is 1. The molecule has 114 valence electrons. The van der Waals surface area contributed by atoms with E-state index in [1.807, 2.05) is 18.2 Å². The highest BCUT2D eigenvalue weighted by atomic mass is 35.5. The first-order valence-electron chi connectivity index (χ1n) is 7.04. The van der Waals surface area contributed by atoms with Gasteiger partial charge in [0, 0.05) is 23.6 Å². The molecule has 1 aromatic carbocycles. The zero-order chi connectivity index (χ0) is 15.4. The van der Waals surface area contributed by atoms with Crippen LogP contribution in [0.25, 0.3) is 0 Å². The summed E-state index contributed by atoms with van der Waals surface area (Å²) in [7, 11) is 0. The van der Waals surface area contributed by atoms with E-state index in [2.05, 4.69) is 4.90 Å². The lowest BCUT2D eigenvalue weighted by molar-refractivity contribution is -0.119. The van der Waals surface area contributed by atoms with Crippen LogP contribution in [0, 0.1) is 5.92 Å². The number of hydrogen-bond acceptors (Lipinski definition) is 3. The summed E-state index contributed by atoms with van der Waals surface area (Å²) in [6, 6.07) is 5.70. The molecule has 21 heavy (non-hydrogen) atoms. The molecule has 4 N–H and O–H groups in total. The van der Waals surface area contributed by atoms with Crippen molar-refractivity contribution in [3.63, 3.8) is 0 Å². The molecule has 1 aliphatic rings. The highest BCUT2D eigenvalue weighted by Gasteiger charge is 2.21. The summed E-state index contributed by atoms with van der Waals surface area (Å²) < 4.78 is 0. The number of halogens is 1. The molecule has 1 amide bonds. The summed E-state index contributed by atoms with van der Waals surface area (Å²) >= 11 is 11.2. The third-order valence-electron chi connectivity index (χ3n) is 3.93. The van der Waals surface area contributed by atoms with Crippen molar-refractivity contribution in [3.8, 4) is 0 Å². The van der Waals surface area contributed by atoms with Crippen molar-refractivity contribution in [1.82, 2.24) is 4.90 Å². The molecular formula is C15H20ClN3OS. The van der Waals surface area contributed by atoms with E-state index in [9.17, 15) is 4.79 Å². The van der Waals surface area contributed by atoms with Gasteiger partial charge in [-0.25, -0.2) is 0 Å². The highest BCUT2D eigenvalue weighted by Crippen LogP contribution is 2.24. The van der Waals surface area contributed by atoms with Crippen LogP contribution in [0.15, 0.2) is 18.2 Å². The molecule has 0 bridgehead atoms. The zero-order valence-corrected chi connectivity index (χ0v) is 13.4. The van der Waals surface area contributed by atoms with Gasteiger partial charge in [-0.1, -0.05) is 36.0 Å². The average molecular weight is 326 g/mol. The second-order valence-electron chi connectivity index (χ2n) is 5.56. The number of carbonyl (C=O) groups is 1. The molecule has 1 saturated heterocycles. The normalized spacial score (nSPS) is 16.8. The van der Waals surface area contributed by atoms with Crippen LogP contribution in [0.5, 0.6) is 0 Å². The van der Waals surface area contributed by atoms with Gasteiger partial charge in [-0.15, -0.1) is 0 Å². The summed E-state index contributed by atoms with van der Waals surface area (Å²) in [5, 5.41) is 0.694. The monoisotopic (exact) mass is 325 g/mol. The van der Waals surface area contributed by atoms with Crippen molar-refractivity contribution in [3.05, 3.63) is 34.3 Å². The van der Waals surface area contributed by atoms with Crippen LogP contribution in [0.2, 0.25) is 5.02 Å². The predicted molar refractivity (Wildman–Crippen MR) is 89.2 cm³/mol. The van der Waals surface area contributed by atoms with Gasteiger partial charge < -0.3 is 11.5 Å². The van der Waals surface area contributed by atoms with Crippen LogP contribution >= 0.6 is 23.8 Å². The van der Waals surface area contributed by atoms with Crippen molar-refractivity contribution < 1.29 is 4.79 Å². The Labute approximate surface area is 135 Å². The van der Waals surface area contributed by atoms with Crippen molar-refractivity contribution >= 4 is 34.7 Å². The fourth-order valence-electron chi connectivity index (χ4n) is 2.70. The molecule has 0 atom stereocenters. The maximum absolute atomic E-state index is 10.9. The largest absolute Gasteiger partial charge is 0.389 e. The number of amides is 1. The Morgan fingerprint density at radius 3 is 2.52 bits per heavy atom. The Balaban J connectivity index is 1.91. The summed E-state index contributed by atoms with van der Waals surface area (Å²) in [5.74, 6) is 0.219. The van der Waals surface area contributed by atoms with Crippen molar-refractivity contribution in [2.24, 2.45) is 17.4 Å². The molecular weight excluding hydrogens is 306 g/mol. The molecule has 1 aromatic rings. The smallest absolute Gasteiger partial charge is 0.217 e. The summed E-state index contributed by atoms with van der Waals surface area (Å²) in [5.41, 5.74) is 12.7. The minimum Gasteiger partial charge on any atom is -0.389 e. The lowest BCUT2D eigenvalue weighted by atomic mass is 9.93. The quantitative estimate of drug-likeness (QED) is 0.813. The van der Waals surface area contributed by atoms with Gasteiger partial charge in [0.1, 0.15) is 4.99 Å². The van der Waals surface area contributed by atoms with E-state index in [0.29, 0.717) is 22.3 Å². The standard InChI is InChI=1S/C15H20ClN3OS/c16-13-8-11(15(18)21)1-2-12(13)9-19-5-3-10(4-6-19)7-14(17)20/h1-2,8,10H,3-7,9H2,(H2,17,20)(H2,18,21). The third kappa shape index (κ3) is 4.66. The SMILES string of the molecule is NC(=O)CC1CCN(Cc2ccc(C(N)=S)cc2Cl)CC1. The van der Waals surface area contributed by atoms with Crippen molar-refractivity contribution in [2.75, 3.05) is 13.1 Å². The van der Waals surface area contributed by atoms with Crippen LogP contribution < -0.4 is 11.5 Å². The number of piperidine rings is 1. The maximum atomic E-state index is 10.9. The van der Waals surface area contributed by atoms with Gasteiger partial charge in [-0.3, -0.25) is 9.69 Å². The number of thiocarbonyl (C=S) groups is 1. The number of benzene rings is 1. The van der Waals surface area contributed by atoms with Crippen LogP contribution in [-0.4, -0.2) is 28.9 Å². The van der Waals surface area contributed by atoms with Gasteiger partial charge in [0.2, 0.25) is 5.91 Å². The Bertz CT molecular complexity index is 542. The first kappa shape index (κ1) is 16.2. The van der Waals surface area contributed by atoms with Crippen LogP contribution in [0.4, 0.5) is 0 Å². The fraction of sp³-hybridized carbons (Fsp3) is 0.467. The van der Waals surface area contributed by atoms with E-state index < -0.39 is 0 Å². The van der Waals surface area contributed by atoms with E-state index in [0.717, 1.165) is 43.6 Å². The molecule has 1 heterocycles. The number of carbonyl (C=O) groups excluding carboxylic acids is 1. The molecule has 6 heteroatoms. The molecule has 1 fully saturated rings. The molecule has 1 aliphatic heterocycles. The minimum atomic E-state index is -0.204. The van der Waals surface area contributed by atoms with E-state index in [1.54, 1.807) is 0 Å². The van der Waals surface area contributed by atoms with Gasteiger partial charge in [0.25, 0.3) is 0 Å².